The minimum atomic E-state index is 0.0427. The first-order chi connectivity index (χ1) is 9.51. The molecule has 0 aliphatic carbocycles. The third-order valence-corrected chi connectivity index (χ3v) is 4.41. The summed E-state index contributed by atoms with van der Waals surface area (Å²) < 4.78 is 6.55. The second kappa shape index (κ2) is 6.70. The number of aromatic nitrogens is 1. The van der Waals surface area contributed by atoms with E-state index in [0.717, 1.165) is 26.5 Å². The molecular formula is C15H19BrN2OS. The van der Waals surface area contributed by atoms with Crippen LogP contribution in [-0.4, -0.2) is 18.1 Å². The Morgan fingerprint density at radius 1 is 1.35 bits per heavy atom. The Kier molecular flexibility index (Phi) is 5.18. The van der Waals surface area contributed by atoms with Crippen molar-refractivity contribution in [2.45, 2.75) is 32.9 Å². The van der Waals surface area contributed by atoms with E-state index in [1.165, 1.54) is 0 Å². The fourth-order valence-corrected chi connectivity index (χ4v) is 3.31. The molecule has 1 aromatic carbocycles. The van der Waals surface area contributed by atoms with Crippen molar-refractivity contribution >= 4 is 27.3 Å². The smallest absolute Gasteiger partial charge is 0.124 e. The second-order valence-electron chi connectivity index (χ2n) is 4.97. The summed E-state index contributed by atoms with van der Waals surface area (Å²) in [5.74, 6) is 0.874. The second-order valence-corrected chi connectivity index (χ2v) is 6.77. The number of hydrogen-bond acceptors (Lipinski definition) is 4. The summed E-state index contributed by atoms with van der Waals surface area (Å²) in [6.45, 7) is 6.29. The molecule has 0 amide bonds. The fourth-order valence-electron chi connectivity index (χ4n) is 2.06. The zero-order valence-corrected chi connectivity index (χ0v) is 14.5. The van der Waals surface area contributed by atoms with E-state index in [1.54, 1.807) is 18.4 Å². The lowest BCUT2D eigenvalue weighted by molar-refractivity contribution is 0.400. The molecule has 1 heterocycles. The Morgan fingerprint density at radius 2 is 2.10 bits per heavy atom. The molecule has 20 heavy (non-hydrogen) atoms. The number of nitrogens with zero attached hydrogens (tertiary/aromatic N) is 1. The molecule has 108 valence electrons. The minimum Gasteiger partial charge on any atom is -0.496 e. The Balaban J connectivity index is 2.48. The molecule has 1 unspecified atom stereocenters. The van der Waals surface area contributed by atoms with Crippen molar-refractivity contribution in [3.63, 3.8) is 0 Å². The molecule has 1 aromatic heterocycles. The van der Waals surface area contributed by atoms with Crippen LogP contribution in [0.15, 0.2) is 28.1 Å². The monoisotopic (exact) mass is 354 g/mol. The molecule has 2 aromatic rings. The molecule has 1 N–H and O–H groups in total. The van der Waals surface area contributed by atoms with E-state index in [0.29, 0.717) is 6.04 Å². The van der Waals surface area contributed by atoms with E-state index < -0.39 is 0 Å². The SMILES string of the molecule is COc1ccc(Br)cc1C(NC(C)C)c1nc(C)cs1. The summed E-state index contributed by atoms with van der Waals surface area (Å²) in [7, 11) is 1.70. The molecule has 1 atom stereocenters. The summed E-state index contributed by atoms with van der Waals surface area (Å²) in [5.41, 5.74) is 2.15. The van der Waals surface area contributed by atoms with Gasteiger partial charge in [-0.1, -0.05) is 15.9 Å². The molecule has 0 spiro atoms. The van der Waals surface area contributed by atoms with Crippen LogP contribution in [0.4, 0.5) is 0 Å². The zero-order chi connectivity index (χ0) is 14.7. The molecule has 3 nitrogen and oxygen atoms in total. The first-order valence-corrected chi connectivity index (χ1v) is 8.20. The molecule has 2 rings (SSSR count). The number of rotatable bonds is 5. The van der Waals surface area contributed by atoms with Crippen molar-refractivity contribution in [3.05, 3.63) is 44.3 Å². The number of ether oxygens (including phenoxy) is 1. The first-order valence-electron chi connectivity index (χ1n) is 6.52. The lowest BCUT2D eigenvalue weighted by Crippen LogP contribution is -2.29. The van der Waals surface area contributed by atoms with Gasteiger partial charge in [-0.2, -0.15) is 0 Å². The Morgan fingerprint density at radius 3 is 2.65 bits per heavy atom. The van der Waals surface area contributed by atoms with Crippen molar-refractivity contribution in [3.8, 4) is 5.75 Å². The van der Waals surface area contributed by atoms with Crippen LogP contribution in [0.1, 0.15) is 36.2 Å². The van der Waals surface area contributed by atoms with Crippen LogP contribution in [0.25, 0.3) is 0 Å². The number of nitrogens with one attached hydrogen (secondary N) is 1. The van der Waals surface area contributed by atoms with Crippen molar-refractivity contribution in [1.82, 2.24) is 10.3 Å². The van der Waals surface area contributed by atoms with E-state index in [4.69, 9.17) is 4.74 Å². The van der Waals surface area contributed by atoms with Gasteiger partial charge in [0, 0.05) is 27.2 Å². The normalized spacial score (nSPS) is 12.7. The van der Waals surface area contributed by atoms with Gasteiger partial charge in [-0.25, -0.2) is 4.98 Å². The van der Waals surface area contributed by atoms with Crippen LogP contribution in [0, 0.1) is 6.92 Å². The highest BCUT2D eigenvalue weighted by molar-refractivity contribution is 9.10. The van der Waals surface area contributed by atoms with Crippen molar-refractivity contribution in [1.29, 1.82) is 0 Å². The van der Waals surface area contributed by atoms with E-state index >= 15 is 0 Å². The maximum absolute atomic E-state index is 5.51. The average molecular weight is 355 g/mol. The third kappa shape index (κ3) is 3.59. The average Bonchev–Trinajstić information content (AvgIpc) is 2.82. The molecule has 0 aliphatic heterocycles. The van der Waals surface area contributed by atoms with Gasteiger partial charge in [0.15, 0.2) is 0 Å². The van der Waals surface area contributed by atoms with Crippen LogP contribution < -0.4 is 10.1 Å². The highest BCUT2D eigenvalue weighted by Crippen LogP contribution is 2.34. The van der Waals surface area contributed by atoms with Crippen LogP contribution in [-0.2, 0) is 0 Å². The van der Waals surface area contributed by atoms with Crippen LogP contribution in [0.2, 0.25) is 0 Å². The number of methoxy groups -OCH3 is 1. The van der Waals surface area contributed by atoms with E-state index in [2.05, 4.69) is 51.5 Å². The molecule has 0 saturated carbocycles. The number of benzene rings is 1. The van der Waals surface area contributed by atoms with Crippen LogP contribution in [0.3, 0.4) is 0 Å². The minimum absolute atomic E-state index is 0.0427. The van der Waals surface area contributed by atoms with Gasteiger partial charge >= 0.3 is 0 Å². The van der Waals surface area contributed by atoms with Crippen molar-refractivity contribution in [2.75, 3.05) is 7.11 Å². The lowest BCUT2D eigenvalue weighted by atomic mass is 10.1. The summed E-state index contributed by atoms with van der Waals surface area (Å²) in [6.07, 6.45) is 0. The summed E-state index contributed by atoms with van der Waals surface area (Å²) in [5, 5.41) is 6.72. The fraction of sp³-hybridized carbons (Fsp3) is 0.400. The summed E-state index contributed by atoms with van der Waals surface area (Å²) >= 11 is 5.21. The number of hydrogen-bond donors (Lipinski definition) is 1. The maximum Gasteiger partial charge on any atom is 0.124 e. The van der Waals surface area contributed by atoms with Crippen LogP contribution >= 0.6 is 27.3 Å². The lowest BCUT2D eigenvalue weighted by Gasteiger charge is -2.22. The number of aryl methyl sites for hydroxylation is 1. The highest BCUT2D eigenvalue weighted by atomic mass is 79.9. The predicted octanol–water partition coefficient (Wildman–Crippen LogP) is 4.31. The maximum atomic E-state index is 5.51. The van der Waals surface area contributed by atoms with Gasteiger partial charge in [0.1, 0.15) is 10.8 Å². The summed E-state index contributed by atoms with van der Waals surface area (Å²) in [4.78, 5) is 4.63. The van der Waals surface area contributed by atoms with Crippen LogP contribution in [0.5, 0.6) is 5.75 Å². The summed E-state index contributed by atoms with van der Waals surface area (Å²) in [6, 6.07) is 6.46. The highest BCUT2D eigenvalue weighted by Gasteiger charge is 2.22. The molecule has 0 aliphatic rings. The quantitative estimate of drug-likeness (QED) is 0.868. The Labute approximate surface area is 132 Å². The van der Waals surface area contributed by atoms with Gasteiger partial charge in [0.05, 0.1) is 13.2 Å². The number of thiazole rings is 1. The van der Waals surface area contributed by atoms with E-state index in [-0.39, 0.29) is 6.04 Å². The largest absolute Gasteiger partial charge is 0.496 e. The molecule has 0 bridgehead atoms. The van der Waals surface area contributed by atoms with Gasteiger partial charge in [-0.05, 0) is 39.0 Å². The van der Waals surface area contributed by atoms with Crippen molar-refractivity contribution in [2.24, 2.45) is 0 Å². The molecular weight excluding hydrogens is 336 g/mol. The van der Waals surface area contributed by atoms with Gasteiger partial charge in [0.2, 0.25) is 0 Å². The number of halogens is 1. The Hall–Kier alpha value is -0.910. The molecule has 5 heteroatoms. The molecule has 0 radical (unpaired) electrons. The molecule has 0 saturated heterocycles. The molecule has 0 fully saturated rings. The van der Waals surface area contributed by atoms with Gasteiger partial charge in [0.25, 0.3) is 0 Å². The van der Waals surface area contributed by atoms with Crippen molar-refractivity contribution < 1.29 is 4.74 Å². The van der Waals surface area contributed by atoms with Gasteiger partial charge < -0.3 is 10.1 Å². The third-order valence-electron chi connectivity index (χ3n) is 2.89. The first kappa shape index (κ1) is 15.5. The van der Waals surface area contributed by atoms with E-state index in [1.807, 2.05) is 19.1 Å². The van der Waals surface area contributed by atoms with E-state index in [9.17, 15) is 0 Å². The topological polar surface area (TPSA) is 34.1 Å². The Bertz CT molecular complexity index is 583. The standard InChI is InChI=1S/C15H19BrN2OS/c1-9(2)17-14(15-18-10(3)8-20-15)12-7-11(16)5-6-13(12)19-4/h5-9,14,17H,1-4H3. The zero-order valence-electron chi connectivity index (χ0n) is 12.1. The van der Waals surface area contributed by atoms with Gasteiger partial charge in [-0.3, -0.25) is 0 Å². The predicted molar refractivity (Wildman–Crippen MR) is 87.7 cm³/mol. The van der Waals surface area contributed by atoms with Gasteiger partial charge in [-0.15, -0.1) is 11.3 Å².